The summed E-state index contributed by atoms with van der Waals surface area (Å²) in [4.78, 5) is 11.7. The molecule has 0 saturated heterocycles. The lowest BCUT2D eigenvalue weighted by atomic mass is 10.1. The van der Waals surface area contributed by atoms with E-state index < -0.39 is 11.7 Å². The number of ether oxygens (including phenoxy) is 3. The molecule has 0 aliphatic rings. The zero-order valence-electron chi connectivity index (χ0n) is 18.6. The summed E-state index contributed by atoms with van der Waals surface area (Å²) < 4.78 is 17.8. The first-order valence-corrected chi connectivity index (χ1v) is 10.1. The molecule has 8 heteroatoms. The van der Waals surface area contributed by atoms with Crippen molar-refractivity contribution < 1.29 is 19.0 Å². The highest BCUT2D eigenvalue weighted by molar-refractivity contribution is 5.67. The SMILES string of the molecule is COc1ccc(-n2nc(C#N)cc2-c2ccc(OCCNC(=O)OC(C)(C)C)cc2)cc1. The molecule has 0 aliphatic heterocycles. The third-order valence-corrected chi connectivity index (χ3v) is 4.33. The molecule has 0 unspecified atom stereocenters. The summed E-state index contributed by atoms with van der Waals surface area (Å²) in [5, 5.41) is 16.4. The van der Waals surface area contributed by atoms with Crippen molar-refractivity contribution in [2.45, 2.75) is 26.4 Å². The van der Waals surface area contributed by atoms with E-state index in [0.29, 0.717) is 24.6 Å². The Labute approximate surface area is 187 Å². The molecule has 0 atom stereocenters. The molecular formula is C24H26N4O4. The Balaban J connectivity index is 1.66. The average Bonchev–Trinajstić information content (AvgIpc) is 3.20. The third-order valence-electron chi connectivity index (χ3n) is 4.33. The van der Waals surface area contributed by atoms with Gasteiger partial charge in [0.2, 0.25) is 0 Å². The van der Waals surface area contributed by atoms with E-state index in [1.54, 1.807) is 17.9 Å². The standard InChI is InChI=1S/C24H26N4O4/c1-24(2,3)32-23(29)26-13-14-31-21-9-5-17(6-10-21)22-15-18(16-25)27-28(22)19-7-11-20(30-4)12-8-19/h5-12,15H,13-14H2,1-4H3,(H,26,29). The number of hydrogen-bond acceptors (Lipinski definition) is 6. The third kappa shape index (κ3) is 6.01. The van der Waals surface area contributed by atoms with Gasteiger partial charge in [-0.1, -0.05) is 0 Å². The van der Waals surface area contributed by atoms with Crippen molar-refractivity contribution in [3.63, 3.8) is 0 Å². The maximum Gasteiger partial charge on any atom is 0.407 e. The molecule has 1 heterocycles. The summed E-state index contributed by atoms with van der Waals surface area (Å²) in [6.07, 6.45) is -0.475. The summed E-state index contributed by atoms with van der Waals surface area (Å²) in [6, 6.07) is 18.7. The quantitative estimate of drug-likeness (QED) is 0.556. The molecule has 166 valence electrons. The Kier molecular flexibility index (Phi) is 7.00. The first-order chi connectivity index (χ1) is 15.3. The van der Waals surface area contributed by atoms with E-state index in [2.05, 4.69) is 16.5 Å². The van der Waals surface area contributed by atoms with E-state index in [0.717, 1.165) is 22.7 Å². The van der Waals surface area contributed by atoms with Crippen molar-refractivity contribution in [2.24, 2.45) is 0 Å². The number of aromatic nitrogens is 2. The van der Waals surface area contributed by atoms with Crippen LogP contribution >= 0.6 is 0 Å². The fourth-order valence-electron chi connectivity index (χ4n) is 2.92. The lowest BCUT2D eigenvalue weighted by molar-refractivity contribution is 0.0520. The second-order valence-electron chi connectivity index (χ2n) is 7.94. The van der Waals surface area contributed by atoms with Crippen LogP contribution in [0, 0.1) is 11.3 Å². The largest absolute Gasteiger partial charge is 0.497 e. The van der Waals surface area contributed by atoms with Gasteiger partial charge in [0.1, 0.15) is 29.8 Å². The van der Waals surface area contributed by atoms with Crippen molar-refractivity contribution in [3.8, 4) is 34.5 Å². The molecule has 0 fully saturated rings. The van der Waals surface area contributed by atoms with Gasteiger partial charge < -0.3 is 19.5 Å². The van der Waals surface area contributed by atoms with E-state index >= 15 is 0 Å². The number of nitrogens with zero attached hydrogens (tertiary/aromatic N) is 3. The molecule has 1 amide bonds. The van der Waals surface area contributed by atoms with E-state index in [4.69, 9.17) is 14.2 Å². The summed E-state index contributed by atoms with van der Waals surface area (Å²) in [6.45, 7) is 6.06. The van der Waals surface area contributed by atoms with Crippen molar-refractivity contribution in [1.29, 1.82) is 5.26 Å². The summed E-state index contributed by atoms with van der Waals surface area (Å²) in [5.74, 6) is 1.40. The summed E-state index contributed by atoms with van der Waals surface area (Å²) in [7, 11) is 1.61. The topological polar surface area (TPSA) is 98.4 Å². The van der Waals surface area contributed by atoms with E-state index in [9.17, 15) is 10.1 Å². The van der Waals surface area contributed by atoms with E-state index in [-0.39, 0.29) is 0 Å². The zero-order chi connectivity index (χ0) is 23.1. The van der Waals surface area contributed by atoms with Crippen LogP contribution in [0.15, 0.2) is 54.6 Å². The van der Waals surface area contributed by atoms with Gasteiger partial charge in [-0.05, 0) is 69.3 Å². The number of carbonyl (C=O) groups excluding carboxylic acids is 1. The highest BCUT2D eigenvalue weighted by atomic mass is 16.6. The molecule has 0 saturated carbocycles. The van der Waals surface area contributed by atoms with Crippen molar-refractivity contribution in [3.05, 3.63) is 60.3 Å². The predicted molar refractivity (Wildman–Crippen MR) is 120 cm³/mol. The molecule has 3 rings (SSSR count). The molecule has 1 aromatic heterocycles. The lowest BCUT2D eigenvalue weighted by Gasteiger charge is -2.19. The van der Waals surface area contributed by atoms with Crippen LogP contribution in [-0.4, -0.2) is 41.7 Å². The van der Waals surface area contributed by atoms with Gasteiger partial charge in [-0.25, -0.2) is 9.48 Å². The van der Waals surface area contributed by atoms with Crippen molar-refractivity contribution in [1.82, 2.24) is 15.1 Å². The molecule has 0 radical (unpaired) electrons. The van der Waals surface area contributed by atoms with Crippen LogP contribution in [0.5, 0.6) is 11.5 Å². The van der Waals surface area contributed by atoms with Gasteiger partial charge >= 0.3 is 6.09 Å². The van der Waals surface area contributed by atoms with Crippen LogP contribution in [0.4, 0.5) is 4.79 Å². The highest BCUT2D eigenvalue weighted by Crippen LogP contribution is 2.27. The Hall–Kier alpha value is -3.99. The van der Waals surface area contributed by atoms with Crippen LogP contribution in [0.3, 0.4) is 0 Å². The molecule has 32 heavy (non-hydrogen) atoms. The molecule has 2 aromatic carbocycles. The lowest BCUT2D eigenvalue weighted by Crippen LogP contribution is -2.34. The number of hydrogen-bond donors (Lipinski definition) is 1. The molecule has 0 aliphatic carbocycles. The Morgan fingerprint density at radius 1 is 1.09 bits per heavy atom. The number of carbonyl (C=O) groups is 1. The maximum atomic E-state index is 11.7. The molecule has 3 aromatic rings. The monoisotopic (exact) mass is 434 g/mol. The van der Waals surface area contributed by atoms with Crippen LogP contribution in [0.25, 0.3) is 16.9 Å². The number of nitriles is 1. The van der Waals surface area contributed by atoms with Gasteiger partial charge in [0.15, 0.2) is 5.69 Å². The fourth-order valence-corrected chi connectivity index (χ4v) is 2.92. The summed E-state index contributed by atoms with van der Waals surface area (Å²) >= 11 is 0. The van der Waals surface area contributed by atoms with Gasteiger partial charge in [-0.15, -0.1) is 0 Å². The average molecular weight is 434 g/mol. The number of alkyl carbamates (subject to hydrolysis) is 1. The second-order valence-corrected chi connectivity index (χ2v) is 7.94. The van der Waals surface area contributed by atoms with E-state index in [1.807, 2.05) is 69.3 Å². The van der Waals surface area contributed by atoms with Crippen LogP contribution in [-0.2, 0) is 4.74 Å². The van der Waals surface area contributed by atoms with Crippen molar-refractivity contribution in [2.75, 3.05) is 20.3 Å². The number of benzene rings is 2. The van der Waals surface area contributed by atoms with Crippen LogP contribution in [0.2, 0.25) is 0 Å². The highest BCUT2D eigenvalue weighted by Gasteiger charge is 2.15. The Morgan fingerprint density at radius 3 is 2.34 bits per heavy atom. The van der Waals surface area contributed by atoms with Gasteiger partial charge in [0, 0.05) is 11.6 Å². The minimum atomic E-state index is -0.537. The van der Waals surface area contributed by atoms with Crippen molar-refractivity contribution >= 4 is 6.09 Å². The molecule has 0 bridgehead atoms. The fraction of sp³-hybridized carbons (Fsp3) is 0.292. The van der Waals surface area contributed by atoms with Gasteiger partial charge in [0.05, 0.1) is 25.0 Å². The number of nitrogens with one attached hydrogen (secondary N) is 1. The second kappa shape index (κ2) is 9.88. The summed E-state index contributed by atoms with van der Waals surface area (Å²) in [5.41, 5.74) is 2.27. The molecule has 8 nitrogen and oxygen atoms in total. The zero-order valence-corrected chi connectivity index (χ0v) is 18.6. The molecular weight excluding hydrogens is 408 g/mol. The predicted octanol–water partition coefficient (Wildman–Crippen LogP) is 4.32. The molecule has 1 N–H and O–H groups in total. The first-order valence-electron chi connectivity index (χ1n) is 10.1. The van der Waals surface area contributed by atoms with Gasteiger partial charge in [0.25, 0.3) is 0 Å². The minimum Gasteiger partial charge on any atom is -0.497 e. The minimum absolute atomic E-state index is 0.306. The maximum absolute atomic E-state index is 11.7. The smallest absolute Gasteiger partial charge is 0.407 e. The normalized spacial score (nSPS) is 10.8. The number of amides is 1. The van der Waals surface area contributed by atoms with Crippen LogP contribution in [0.1, 0.15) is 26.5 Å². The van der Waals surface area contributed by atoms with Crippen LogP contribution < -0.4 is 14.8 Å². The number of rotatable bonds is 7. The molecule has 0 spiro atoms. The first kappa shape index (κ1) is 22.7. The Bertz CT molecular complexity index is 1090. The van der Waals surface area contributed by atoms with Gasteiger partial charge in [-0.3, -0.25) is 0 Å². The number of methoxy groups -OCH3 is 1. The van der Waals surface area contributed by atoms with Gasteiger partial charge in [-0.2, -0.15) is 10.4 Å². The Morgan fingerprint density at radius 2 is 1.75 bits per heavy atom. The van der Waals surface area contributed by atoms with E-state index in [1.165, 1.54) is 0 Å².